The number of hydrogen-bond acceptors (Lipinski definition) is 7. The minimum Gasteiger partial charge on any atom is -0.444 e. The van der Waals surface area contributed by atoms with E-state index in [-0.39, 0.29) is 35.5 Å². The Morgan fingerprint density at radius 1 is 1.28 bits per heavy atom. The number of carbonyl (C=O) groups excluding carboxylic acids is 2. The predicted molar refractivity (Wildman–Crippen MR) is 98.0 cm³/mol. The predicted octanol–water partition coefficient (Wildman–Crippen LogP) is 2.56. The van der Waals surface area contributed by atoms with Gasteiger partial charge in [-0.05, 0) is 58.3 Å². The van der Waals surface area contributed by atoms with Gasteiger partial charge in [-0.3, -0.25) is 5.21 Å². The molecular weight excluding hydrogens is 378 g/mol. The van der Waals surface area contributed by atoms with Crippen LogP contribution in [0, 0.1) is 5.41 Å². The smallest absolute Gasteiger partial charge is 0.407 e. The van der Waals surface area contributed by atoms with Crippen LogP contribution < -0.4 is 5.32 Å². The van der Waals surface area contributed by atoms with Crippen molar-refractivity contribution in [3.05, 3.63) is 11.8 Å². The van der Waals surface area contributed by atoms with Crippen molar-refractivity contribution in [2.75, 3.05) is 6.54 Å². The molecule has 0 radical (unpaired) electrons. The highest BCUT2D eigenvalue weighted by Gasteiger charge is 2.63. The molecule has 10 heteroatoms. The standard InChI is InChI=1S/C19H27N5O5/c1-18(2,3)29-16(25)20-11-6-10(7-11)14-21-22-15(28-14)12-8-19(4-5-19)13-9-23(12)17(26)24(13)27/h10-13,27H,4-9H2,1-3H3,(H,20,25)/t10?,11?,12?,13-/m0/s1. The molecule has 2 bridgehead atoms. The molecule has 2 atom stereocenters. The molecule has 4 aliphatic rings. The third kappa shape index (κ3) is 3.13. The number of piperidine rings is 1. The largest absolute Gasteiger partial charge is 0.444 e. The van der Waals surface area contributed by atoms with E-state index >= 15 is 0 Å². The fourth-order valence-electron chi connectivity index (χ4n) is 4.83. The van der Waals surface area contributed by atoms with Crippen LogP contribution in [0.3, 0.4) is 0 Å². The number of nitrogens with zero attached hydrogens (tertiary/aromatic N) is 4. The summed E-state index contributed by atoms with van der Waals surface area (Å²) in [6, 6.07) is -0.761. The summed E-state index contributed by atoms with van der Waals surface area (Å²) in [4.78, 5) is 25.9. The van der Waals surface area contributed by atoms with Gasteiger partial charge in [0.15, 0.2) is 0 Å². The van der Waals surface area contributed by atoms with E-state index < -0.39 is 11.7 Å². The zero-order valence-corrected chi connectivity index (χ0v) is 16.9. The van der Waals surface area contributed by atoms with Crippen molar-refractivity contribution in [1.82, 2.24) is 25.5 Å². The van der Waals surface area contributed by atoms with Gasteiger partial charge >= 0.3 is 12.1 Å². The van der Waals surface area contributed by atoms with E-state index in [9.17, 15) is 14.8 Å². The van der Waals surface area contributed by atoms with Gasteiger partial charge in [0.2, 0.25) is 11.8 Å². The van der Waals surface area contributed by atoms with Gasteiger partial charge < -0.3 is 19.4 Å². The summed E-state index contributed by atoms with van der Waals surface area (Å²) in [5.74, 6) is 1.07. The highest BCUT2D eigenvalue weighted by Crippen LogP contribution is 2.61. The summed E-state index contributed by atoms with van der Waals surface area (Å²) in [6.45, 7) is 5.99. The molecule has 29 heavy (non-hydrogen) atoms. The molecule has 3 amide bonds. The van der Waals surface area contributed by atoms with Crippen LogP contribution in [0.5, 0.6) is 0 Å². The molecule has 2 N–H and O–H groups in total. The van der Waals surface area contributed by atoms with Gasteiger partial charge in [-0.1, -0.05) is 0 Å². The summed E-state index contributed by atoms with van der Waals surface area (Å²) < 4.78 is 11.2. The first kappa shape index (κ1) is 18.7. The molecule has 158 valence electrons. The van der Waals surface area contributed by atoms with Crippen molar-refractivity contribution < 1.29 is 24.0 Å². The lowest BCUT2D eigenvalue weighted by Gasteiger charge is -2.35. The lowest BCUT2D eigenvalue weighted by atomic mass is 9.80. The summed E-state index contributed by atoms with van der Waals surface area (Å²) >= 11 is 0. The molecule has 2 saturated heterocycles. The molecule has 10 nitrogen and oxygen atoms in total. The number of carbonyl (C=O) groups is 2. The van der Waals surface area contributed by atoms with Crippen molar-refractivity contribution >= 4 is 12.1 Å². The van der Waals surface area contributed by atoms with Crippen molar-refractivity contribution in [3.8, 4) is 0 Å². The molecule has 2 aliphatic heterocycles. The molecule has 4 fully saturated rings. The molecule has 5 rings (SSSR count). The Morgan fingerprint density at radius 2 is 1.97 bits per heavy atom. The zero-order chi connectivity index (χ0) is 20.6. The average molecular weight is 405 g/mol. The summed E-state index contributed by atoms with van der Waals surface area (Å²) in [7, 11) is 0. The maximum atomic E-state index is 12.4. The van der Waals surface area contributed by atoms with Crippen molar-refractivity contribution in [1.29, 1.82) is 0 Å². The van der Waals surface area contributed by atoms with Gasteiger partial charge in [0.05, 0.1) is 6.04 Å². The summed E-state index contributed by atoms with van der Waals surface area (Å²) in [6.07, 6.45) is 3.77. The Bertz CT molecular complexity index is 838. The summed E-state index contributed by atoms with van der Waals surface area (Å²) in [5, 5.41) is 22.3. The minimum atomic E-state index is -0.524. The SMILES string of the molecule is CC(C)(C)OC(=O)NC1CC(c2nnc(C3CC4(CC4)[C@@H]4CN3C(=O)N4O)o2)C1. The van der Waals surface area contributed by atoms with Crippen LogP contribution in [0.4, 0.5) is 9.59 Å². The molecule has 2 aliphatic carbocycles. The number of ether oxygens (including phenoxy) is 1. The third-order valence-electron chi connectivity index (χ3n) is 6.63. The Balaban J connectivity index is 1.21. The maximum absolute atomic E-state index is 12.4. The van der Waals surface area contributed by atoms with Crippen LogP contribution in [0.25, 0.3) is 0 Å². The van der Waals surface area contributed by atoms with Gasteiger partial charge in [-0.15, -0.1) is 10.2 Å². The average Bonchev–Trinajstić information content (AvgIpc) is 3.09. The number of hydroxylamine groups is 2. The molecule has 0 aromatic carbocycles. The number of nitrogens with one attached hydrogen (secondary N) is 1. The van der Waals surface area contributed by atoms with Gasteiger partial charge in [0, 0.05) is 18.5 Å². The number of amides is 3. The number of aromatic nitrogens is 2. The molecule has 1 unspecified atom stereocenters. The highest BCUT2D eigenvalue weighted by atomic mass is 16.6. The molecule has 1 aromatic heterocycles. The second-order valence-corrected chi connectivity index (χ2v) is 9.87. The van der Waals surface area contributed by atoms with E-state index in [1.807, 2.05) is 20.8 Å². The monoisotopic (exact) mass is 405 g/mol. The minimum absolute atomic E-state index is 0.0182. The lowest BCUT2D eigenvalue weighted by Crippen LogP contribution is -2.45. The van der Waals surface area contributed by atoms with Crippen molar-refractivity contribution in [2.45, 2.75) is 82.5 Å². The Morgan fingerprint density at radius 3 is 2.62 bits per heavy atom. The van der Waals surface area contributed by atoms with E-state index in [2.05, 4.69) is 15.5 Å². The highest BCUT2D eigenvalue weighted by molar-refractivity contribution is 5.77. The van der Waals surface area contributed by atoms with E-state index in [1.165, 1.54) is 0 Å². The normalized spacial score (nSPS) is 32.3. The second-order valence-electron chi connectivity index (χ2n) is 9.87. The van der Waals surface area contributed by atoms with Crippen LogP contribution in [0.1, 0.15) is 76.6 Å². The quantitative estimate of drug-likeness (QED) is 0.741. The Labute approximate surface area is 168 Å². The maximum Gasteiger partial charge on any atom is 0.407 e. The number of fused-ring (bicyclic) bond motifs is 3. The topological polar surface area (TPSA) is 121 Å². The van der Waals surface area contributed by atoms with Crippen LogP contribution in [-0.4, -0.2) is 61.7 Å². The van der Waals surface area contributed by atoms with Gasteiger partial charge in [0.25, 0.3) is 0 Å². The number of alkyl carbamates (subject to hydrolysis) is 1. The number of rotatable bonds is 3. The Hall–Kier alpha value is -2.36. The zero-order valence-electron chi connectivity index (χ0n) is 16.9. The number of hydrogen-bond donors (Lipinski definition) is 2. The molecule has 1 aromatic rings. The summed E-state index contributed by atoms with van der Waals surface area (Å²) in [5.41, 5.74) is -0.542. The van der Waals surface area contributed by atoms with Crippen molar-refractivity contribution in [3.63, 3.8) is 0 Å². The fraction of sp³-hybridized carbons (Fsp3) is 0.789. The fourth-order valence-corrected chi connectivity index (χ4v) is 4.83. The van der Waals surface area contributed by atoms with Crippen LogP contribution >= 0.6 is 0 Å². The molecule has 3 heterocycles. The third-order valence-corrected chi connectivity index (χ3v) is 6.63. The van der Waals surface area contributed by atoms with Crippen molar-refractivity contribution in [2.24, 2.45) is 5.41 Å². The van der Waals surface area contributed by atoms with Crippen LogP contribution in [0.15, 0.2) is 4.42 Å². The van der Waals surface area contributed by atoms with E-state index in [0.29, 0.717) is 31.2 Å². The van der Waals surface area contributed by atoms with Gasteiger partial charge in [-0.2, -0.15) is 0 Å². The second kappa shape index (κ2) is 6.07. The Kier molecular flexibility index (Phi) is 3.90. The van der Waals surface area contributed by atoms with Gasteiger partial charge in [0.1, 0.15) is 11.6 Å². The van der Waals surface area contributed by atoms with E-state index in [0.717, 1.165) is 24.3 Å². The molecule has 2 saturated carbocycles. The van der Waals surface area contributed by atoms with Gasteiger partial charge in [-0.25, -0.2) is 14.7 Å². The van der Waals surface area contributed by atoms with Crippen LogP contribution in [-0.2, 0) is 4.74 Å². The first-order valence-corrected chi connectivity index (χ1v) is 10.3. The van der Waals surface area contributed by atoms with E-state index in [1.54, 1.807) is 4.90 Å². The number of urea groups is 1. The first-order chi connectivity index (χ1) is 13.7. The van der Waals surface area contributed by atoms with Crippen LogP contribution in [0.2, 0.25) is 0 Å². The molecular formula is C19H27N5O5. The van der Waals surface area contributed by atoms with E-state index in [4.69, 9.17) is 9.15 Å². The molecule has 1 spiro atoms. The first-order valence-electron chi connectivity index (χ1n) is 10.3. The lowest BCUT2D eigenvalue weighted by molar-refractivity contribution is -0.0783.